The van der Waals surface area contributed by atoms with Gasteiger partial charge >= 0.3 is 0 Å². The van der Waals surface area contributed by atoms with Crippen LogP contribution < -0.4 is 4.74 Å². The molecule has 0 N–H and O–H groups in total. The van der Waals surface area contributed by atoms with E-state index in [9.17, 15) is 4.79 Å². The minimum atomic E-state index is -0.231. The van der Waals surface area contributed by atoms with Gasteiger partial charge in [-0.1, -0.05) is 66.2 Å². The summed E-state index contributed by atoms with van der Waals surface area (Å²) in [5.74, 6) is 2.25. The average Bonchev–Trinajstić information content (AvgIpc) is 3.19. The molecule has 2 aliphatic rings. The van der Waals surface area contributed by atoms with Crippen LogP contribution in [0, 0.1) is 6.92 Å². The normalized spacial score (nSPS) is 16.9. The highest BCUT2D eigenvalue weighted by Crippen LogP contribution is 2.38. The van der Waals surface area contributed by atoms with Crippen molar-refractivity contribution < 1.29 is 9.53 Å². The molecular formula is C29H25ClN4O2. The van der Waals surface area contributed by atoms with Gasteiger partial charge < -0.3 is 9.64 Å². The minimum Gasteiger partial charge on any atom is -0.487 e. The fraction of sp³-hybridized carbons (Fsp3) is 0.207. The number of para-hydroxylation sites is 2. The number of carbonyl (C=O) groups excluding carboxylic acids is 1. The second-order valence-electron chi connectivity index (χ2n) is 9.21. The second kappa shape index (κ2) is 9.28. The average molecular weight is 497 g/mol. The maximum absolute atomic E-state index is 13.3. The van der Waals surface area contributed by atoms with Crippen molar-refractivity contribution in [2.45, 2.75) is 25.4 Å². The van der Waals surface area contributed by atoms with Gasteiger partial charge in [0.25, 0.3) is 0 Å². The Morgan fingerprint density at radius 3 is 2.47 bits per heavy atom. The Morgan fingerprint density at radius 1 is 0.972 bits per heavy atom. The fourth-order valence-electron chi connectivity index (χ4n) is 4.93. The molecule has 1 fully saturated rings. The predicted molar refractivity (Wildman–Crippen MR) is 139 cm³/mol. The summed E-state index contributed by atoms with van der Waals surface area (Å²) >= 11 is 6.17. The molecule has 1 saturated heterocycles. The van der Waals surface area contributed by atoms with E-state index in [1.54, 1.807) is 0 Å². The van der Waals surface area contributed by atoms with Gasteiger partial charge in [0.1, 0.15) is 23.5 Å². The third-order valence-electron chi connectivity index (χ3n) is 6.78. The summed E-state index contributed by atoms with van der Waals surface area (Å²) in [5, 5.41) is 9.57. The number of fused-ring (bicyclic) bond motifs is 3. The standard InChI is InChI=1S/C29H25ClN4O2/c1-19-31-32-29-21(16-28(35)33-17-24(18-33)36-23-7-3-2-4-8-23)15-26(20-11-13-22(30)14-12-20)25-9-5-6-10-27(25)34(19)29/h2-15,21,24H,16-18H2,1H3/t21-/m0/s1. The SMILES string of the molecule is Cc1nnc2n1-c1ccccc1C(c1ccc(Cl)cc1)=C[C@H]2CC(=O)N1CC(Oc2ccccc2)C1. The molecule has 180 valence electrons. The molecule has 3 heterocycles. The Morgan fingerprint density at radius 2 is 1.69 bits per heavy atom. The van der Waals surface area contributed by atoms with E-state index in [-0.39, 0.29) is 17.9 Å². The lowest BCUT2D eigenvalue weighted by Gasteiger charge is -2.39. The first-order valence-corrected chi connectivity index (χ1v) is 12.4. The summed E-state index contributed by atoms with van der Waals surface area (Å²) in [6.45, 7) is 3.11. The molecule has 0 radical (unpaired) electrons. The third-order valence-corrected chi connectivity index (χ3v) is 7.03. The Kier molecular flexibility index (Phi) is 5.82. The van der Waals surface area contributed by atoms with E-state index in [0.717, 1.165) is 39.8 Å². The van der Waals surface area contributed by atoms with Gasteiger partial charge in [0.15, 0.2) is 0 Å². The van der Waals surface area contributed by atoms with Crippen LogP contribution >= 0.6 is 11.6 Å². The summed E-state index contributed by atoms with van der Waals surface area (Å²) in [6.07, 6.45) is 2.48. The maximum Gasteiger partial charge on any atom is 0.223 e. The lowest BCUT2D eigenvalue weighted by molar-refractivity contribution is -0.140. The number of rotatable bonds is 5. The molecule has 7 heteroatoms. The van der Waals surface area contributed by atoms with Crippen molar-refractivity contribution in [1.29, 1.82) is 0 Å². The number of ether oxygens (including phenoxy) is 1. The van der Waals surface area contributed by atoms with Gasteiger partial charge in [-0.3, -0.25) is 9.36 Å². The first-order valence-electron chi connectivity index (χ1n) is 12.1. The van der Waals surface area contributed by atoms with E-state index in [0.29, 0.717) is 24.5 Å². The summed E-state index contributed by atoms with van der Waals surface area (Å²) in [7, 11) is 0. The summed E-state index contributed by atoms with van der Waals surface area (Å²) < 4.78 is 8.06. The zero-order valence-electron chi connectivity index (χ0n) is 19.8. The molecule has 4 aromatic rings. The van der Waals surface area contributed by atoms with Crippen molar-refractivity contribution in [3.8, 4) is 11.4 Å². The molecule has 3 aromatic carbocycles. The smallest absolute Gasteiger partial charge is 0.223 e. The summed E-state index contributed by atoms with van der Waals surface area (Å²) in [4.78, 5) is 15.2. The van der Waals surface area contributed by atoms with E-state index >= 15 is 0 Å². The number of halogens is 1. The lowest BCUT2D eigenvalue weighted by Crippen LogP contribution is -2.56. The van der Waals surface area contributed by atoms with Crippen LogP contribution in [0.4, 0.5) is 0 Å². The van der Waals surface area contributed by atoms with Crippen LogP contribution in [-0.2, 0) is 4.79 Å². The van der Waals surface area contributed by atoms with Crippen LogP contribution in [-0.4, -0.2) is 44.8 Å². The zero-order chi connectivity index (χ0) is 24.6. The molecule has 1 aromatic heterocycles. The number of hydrogen-bond acceptors (Lipinski definition) is 4. The highest BCUT2D eigenvalue weighted by molar-refractivity contribution is 6.30. The maximum atomic E-state index is 13.3. The monoisotopic (exact) mass is 496 g/mol. The van der Waals surface area contributed by atoms with Gasteiger partial charge in [0, 0.05) is 22.9 Å². The molecule has 0 saturated carbocycles. The molecule has 6 nitrogen and oxygen atoms in total. The number of hydrogen-bond donors (Lipinski definition) is 0. The van der Waals surface area contributed by atoms with Gasteiger partial charge in [-0.15, -0.1) is 10.2 Å². The Bertz CT molecular complexity index is 1440. The van der Waals surface area contributed by atoms with E-state index in [1.807, 2.05) is 78.6 Å². The van der Waals surface area contributed by atoms with Crippen molar-refractivity contribution >= 4 is 23.1 Å². The Labute approximate surface area is 214 Å². The van der Waals surface area contributed by atoms with E-state index in [4.69, 9.17) is 16.3 Å². The first-order chi connectivity index (χ1) is 17.6. The minimum absolute atomic E-state index is 0.0146. The number of amides is 1. The van der Waals surface area contributed by atoms with E-state index in [1.165, 1.54) is 0 Å². The zero-order valence-corrected chi connectivity index (χ0v) is 20.6. The van der Waals surface area contributed by atoms with E-state index in [2.05, 4.69) is 33.0 Å². The van der Waals surface area contributed by atoms with Gasteiger partial charge in [-0.05, 0) is 48.4 Å². The van der Waals surface area contributed by atoms with Crippen molar-refractivity contribution in [1.82, 2.24) is 19.7 Å². The number of allylic oxidation sites excluding steroid dienone is 1. The van der Waals surface area contributed by atoms with Crippen LogP contribution in [0.5, 0.6) is 5.75 Å². The number of benzene rings is 3. The molecule has 36 heavy (non-hydrogen) atoms. The quantitative estimate of drug-likeness (QED) is 0.369. The first kappa shape index (κ1) is 22.6. The van der Waals surface area contributed by atoms with Gasteiger partial charge in [-0.2, -0.15) is 0 Å². The molecule has 1 amide bonds. The largest absolute Gasteiger partial charge is 0.487 e. The Balaban J connectivity index is 1.30. The molecule has 0 bridgehead atoms. The Hall–Kier alpha value is -3.90. The van der Waals surface area contributed by atoms with Crippen LogP contribution in [0.15, 0.2) is 84.9 Å². The van der Waals surface area contributed by atoms with Crippen LogP contribution in [0.3, 0.4) is 0 Å². The molecule has 2 aliphatic heterocycles. The van der Waals surface area contributed by atoms with Crippen molar-refractivity contribution in [3.63, 3.8) is 0 Å². The van der Waals surface area contributed by atoms with Crippen LogP contribution in [0.1, 0.15) is 35.1 Å². The number of aromatic nitrogens is 3. The van der Waals surface area contributed by atoms with Crippen molar-refractivity contribution in [2.24, 2.45) is 0 Å². The van der Waals surface area contributed by atoms with Gasteiger partial charge in [0.2, 0.25) is 5.91 Å². The molecule has 0 aliphatic carbocycles. The highest BCUT2D eigenvalue weighted by atomic mass is 35.5. The molecule has 6 rings (SSSR count). The topological polar surface area (TPSA) is 60.2 Å². The summed E-state index contributed by atoms with van der Waals surface area (Å²) in [5.41, 5.74) is 4.17. The number of carbonyl (C=O) groups is 1. The summed E-state index contributed by atoms with van der Waals surface area (Å²) in [6, 6.07) is 25.8. The van der Waals surface area contributed by atoms with Crippen LogP contribution in [0.2, 0.25) is 5.02 Å². The fourth-order valence-corrected chi connectivity index (χ4v) is 5.06. The molecule has 0 unspecified atom stereocenters. The predicted octanol–water partition coefficient (Wildman–Crippen LogP) is 5.44. The van der Waals surface area contributed by atoms with Crippen LogP contribution in [0.25, 0.3) is 11.3 Å². The van der Waals surface area contributed by atoms with Crippen molar-refractivity contribution in [2.75, 3.05) is 13.1 Å². The van der Waals surface area contributed by atoms with Crippen molar-refractivity contribution in [3.05, 3.63) is 113 Å². The van der Waals surface area contributed by atoms with Gasteiger partial charge in [-0.25, -0.2) is 0 Å². The number of likely N-dealkylation sites (tertiary alicyclic amines) is 1. The molecular weight excluding hydrogens is 472 g/mol. The van der Waals surface area contributed by atoms with E-state index < -0.39 is 0 Å². The second-order valence-corrected chi connectivity index (χ2v) is 9.64. The lowest BCUT2D eigenvalue weighted by atomic mass is 9.92. The van der Waals surface area contributed by atoms with Gasteiger partial charge in [0.05, 0.1) is 18.8 Å². The molecule has 1 atom stereocenters. The molecule has 0 spiro atoms. The number of aryl methyl sites for hydroxylation is 1. The highest BCUT2D eigenvalue weighted by Gasteiger charge is 2.35. The number of nitrogens with zero attached hydrogens (tertiary/aromatic N) is 4. The third kappa shape index (κ3) is 4.18.